The van der Waals surface area contributed by atoms with Crippen LogP contribution in [0.3, 0.4) is 0 Å². The highest BCUT2D eigenvalue weighted by molar-refractivity contribution is 6.07. The van der Waals surface area contributed by atoms with Gasteiger partial charge in [0.25, 0.3) is 5.91 Å². The summed E-state index contributed by atoms with van der Waals surface area (Å²) in [7, 11) is 1.35. The van der Waals surface area contributed by atoms with E-state index in [0.717, 1.165) is 40.7 Å². The molecule has 1 saturated carbocycles. The average Bonchev–Trinajstić information content (AvgIpc) is 3.05. The largest absolute Gasteiger partial charge is 0.468 e. The van der Waals surface area contributed by atoms with Crippen LogP contribution in [0.15, 0.2) is 24.5 Å². The molecule has 2 aromatic heterocycles. The fourth-order valence-corrected chi connectivity index (χ4v) is 4.74. The number of esters is 1. The second-order valence-electron chi connectivity index (χ2n) is 8.81. The maximum absolute atomic E-state index is 13.4. The van der Waals surface area contributed by atoms with Crippen LogP contribution < -0.4 is 0 Å². The smallest absolute Gasteiger partial charge is 0.327 e. The molecule has 8 nitrogen and oxygen atoms in total. The third kappa shape index (κ3) is 3.26. The number of rotatable bonds is 4. The van der Waals surface area contributed by atoms with Crippen LogP contribution in [-0.4, -0.2) is 56.7 Å². The predicted octanol–water partition coefficient (Wildman–Crippen LogP) is 2.91. The van der Waals surface area contributed by atoms with E-state index in [2.05, 4.69) is 15.1 Å². The Bertz CT molecular complexity index is 1190. The number of amides is 1. The van der Waals surface area contributed by atoms with Crippen LogP contribution in [0.4, 0.5) is 0 Å². The van der Waals surface area contributed by atoms with Crippen LogP contribution in [0.5, 0.6) is 0 Å². The highest BCUT2D eigenvalue weighted by Gasteiger charge is 2.49. The Morgan fingerprint density at radius 3 is 2.42 bits per heavy atom. The van der Waals surface area contributed by atoms with Crippen LogP contribution >= 0.6 is 0 Å². The maximum atomic E-state index is 13.4. The Morgan fingerprint density at radius 2 is 1.81 bits per heavy atom. The predicted molar refractivity (Wildman–Crippen MR) is 114 cm³/mol. The molecule has 3 heterocycles. The van der Waals surface area contributed by atoms with E-state index < -0.39 is 5.97 Å². The molecule has 1 spiro atoms. The first-order valence-corrected chi connectivity index (χ1v) is 10.6. The topological polar surface area (TPSA) is 90.2 Å². The number of ether oxygens (including phenoxy) is 1. The molecule has 5 rings (SSSR count). The summed E-state index contributed by atoms with van der Waals surface area (Å²) in [6.07, 6.45) is 7.20. The summed E-state index contributed by atoms with van der Waals surface area (Å²) in [6.45, 7) is 5.34. The summed E-state index contributed by atoms with van der Waals surface area (Å²) >= 11 is 0. The number of aryl methyl sites for hydroxylation is 2. The van der Waals surface area contributed by atoms with Crippen molar-refractivity contribution in [2.45, 2.75) is 39.7 Å². The number of carbonyl (C=O) groups is 2. The first kappa shape index (κ1) is 19.7. The van der Waals surface area contributed by atoms with Crippen molar-refractivity contribution in [2.75, 3.05) is 20.2 Å². The van der Waals surface area contributed by atoms with Gasteiger partial charge in [-0.3, -0.25) is 14.3 Å². The molecule has 2 aliphatic rings. The van der Waals surface area contributed by atoms with E-state index in [4.69, 9.17) is 4.74 Å². The number of methoxy groups -OCH3 is 1. The van der Waals surface area contributed by atoms with Crippen molar-refractivity contribution >= 4 is 22.8 Å². The average molecular weight is 419 g/mol. The number of benzene rings is 1. The van der Waals surface area contributed by atoms with Crippen LogP contribution in [0.25, 0.3) is 22.0 Å². The van der Waals surface area contributed by atoms with Gasteiger partial charge in [-0.05, 0) is 49.9 Å². The highest BCUT2D eigenvalue weighted by atomic mass is 16.5. The lowest BCUT2D eigenvalue weighted by Gasteiger charge is -2.55. The highest BCUT2D eigenvalue weighted by Crippen LogP contribution is 2.48. The zero-order valence-corrected chi connectivity index (χ0v) is 18.0. The summed E-state index contributed by atoms with van der Waals surface area (Å²) < 4.78 is 6.42. The van der Waals surface area contributed by atoms with Gasteiger partial charge in [-0.1, -0.05) is 6.42 Å². The second kappa shape index (κ2) is 7.14. The lowest BCUT2D eigenvalue weighted by molar-refractivity contribution is -0.141. The molecule has 1 aliphatic carbocycles. The van der Waals surface area contributed by atoms with E-state index in [-0.39, 0.29) is 12.5 Å². The van der Waals surface area contributed by atoms with Gasteiger partial charge in [-0.2, -0.15) is 5.10 Å². The first-order valence-electron chi connectivity index (χ1n) is 10.6. The van der Waals surface area contributed by atoms with Crippen molar-refractivity contribution in [3.05, 3.63) is 41.6 Å². The van der Waals surface area contributed by atoms with Gasteiger partial charge in [0.2, 0.25) is 0 Å². The van der Waals surface area contributed by atoms with E-state index in [0.29, 0.717) is 16.9 Å². The number of hydrogen-bond donors (Lipinski definition) is 0. The molecule has 0 atom stereocenters. The van der Waals surface area contributed by atoms with Crippen LogP contribution in [0, 0.1) is 19.3 Å². The number of carbonyl (C=O) groups excluding carboxylic acids is 2. The monoisotopic (exact) mass is 419 g/mol. The molecule has 1 saturated heterocycles. The van der Waals surface area contributed by atoms with E-state index >= 15 is 0 Å². The SMILES string of the molecule is COC(=O)Cn1nc(C(=O)N2CC3(CCC3)C2)c2cc(-c3cnc(C)nc3)cc(C)c21. The minimum Gasteiger partial charge on any atom is -0.468 e. The summed E-state index contributed by atoms with van der Waals surface area (Å²) in [5, 5.41) is 5.31. The zero-order valence-electron chi connectivity index (χ0n) is 18.0. The lowest BCUT2D eigenvalue weighted by atomic mass is 9.63. The van der Waals surface area contributed by atoms with Crippen molar-refractivity contribution in [1.82, 2.24) is 24.6 Å². The Kier molecular flexibility index (Phi) is 4.53. The molecule has 8 heteroatoms. The maximum Gasteiger partial charge on any atom is 0.327 e. The van der Waals surface area contributed by atoms with Crippen molar-refractivity contribution in [3.8, 4) is 11.1 Å². The van der Waals surface area contributed by atoms with Gasteiger partial charge in [0, 0.05) is 41.8 Å². The Balaban J connectivity index is 1.59. The van der Waals surface area contributed by atoms with Gasteiger partial charge < -0.3 is 9.64 Å². The minimum atomic E-state index is -0.406. The summed E-state index contributed by atoms with van der Waals surface area (Å²) in [4.78, 5) is 35.8. The molecule has 2 fully saturated rings. The molecule has 1 amide bonds. The summed E-state index contributed by atoms with van der Waals surface area (Å²) in [5.74, 6) is 0.213. The van der Waals surface area contributed by atoms with E-state index in [1.54, 1.807) is 17.1 Å². The van der Waals surface area contributed by atoms with Gasteiger partial charge in [-0.15, -0.1) is 0 Å². The molecule has 0 N–H and O–H groups in total. The minimum absolute atomic E-state index is 0.0436. The van der Waals surface area contributed by atoms with Crippen molar-refractivity contribution in [2.24, 2.45) is 5.41 Å². The molecule has 31 heavy (non-hydrogen) atoms. The zero-order chi connectivity index (χ0) is 21.8. The molecule has 1 aliphatic heterocycles. The van der Waals surface area contributed by atoms with Crippen molar-refractivity contribution in [3.63, 3.8) is 0 Å². The van der Waals surface area contributed by atoms with E-state index in [1.165, 1.54) is 26.4 Å². The van der Waals surface area contributed by atoms with Gasteiger partial charge >= 0.3 is 5.97 Å². The fourth-order valence-electron chi connectivity index (χ4n) is 4.74. The van der Waals surface area contributed by atoms with Gasteiger partial charge in [-0.25, -0.2) is 9.97 Å². The number of nitrogens with zero attached hydrogens (tertiary/aromatic N) is 5. The molecular formula is C23H25N5O3. The molecular weight excluding hydrogens is 394 g/mol. The summed E-state index contributed by atoms with van der Waals surface area (Å²) in [5.41, 5.74) is 4.18. The molecule has 3 aromatic rings. The second-order valence-corrected chi connectivity index (χ2v) is 8.81. The van der Waals surface area contributed by atoms with Crippen LogP contribution in [-0.2, 0) is 16.1 Å². The summed E-state index contributed by atoms with van der Waals surface area (Å²) in [6, 6.07) is 3.95. The molecule has 0 bridgehead atoms. The molecule has 0 radical (unpaired) electrons. The first-order chi connectivity index (χ1) is 14.9. The van der Waals surface area contributed by atoms with Gasteiger partial charge in [0.15, 0.2) is 5.69 Å². The molecule has 160 valence electrons. The lowest BCUT2D eigenvalue weighted by Crippen LogP contribution is -2.61. The van der Waals surface area contributed by atoms with Gasteiger partial charge in [0.05, 0.1) is 12.6 Å². The quantitative estimate of drug-likeness (QED) is 0.604. The number of aromatic nitrogens is 4. The normalized spacial score (nSPS) is 16.8. The standard InChI is InChI=1S/C23H25N5O3/c1-14-7-16(17-9-24-15(2)25-10-17)8-18-20(26-28(21(14)18)11-19(29)31-3)22(30)27-12-23(13-27)5-4-6-23/h7-10H,4-6,11-13H2,1-3H3. The van der Waals surface area contributed by atoms with Crippen LogP contribution in [0.1, 0.15) is 41.1 Å². The Hall–Kier alpha value is -3.29. The van der Waals surface area contributed by atoms with Gasteiger partial charge in [0.1, 0.15) is 12.4 Å². The third-order valence-electron chi connectivity index (χ3n) is 6.61. The van der Waals surface area contributed by atoms with Crippen molar-refractivity contribution in [1.29, 1.82) is 0 Å². The Morgan fingerprint density at radius 1 is 1.10 bits per heavy atom. The third-order valence-corrected chi connectivity index (χ3v) is 6.61. The molecule has 1 aromatic carbocycles. The Labute approximate surface area is 180 Å². The number of likely N-dealkylation sites (tertiary alicyclic amines) is 1. The van der Waals surface area contributed by atoms with Crippen molar-refractivity contribution < 1.29 is 14.3 Å². The van der Waals surface area contributed by atoms with E-state index in [9.17, 15) is 9.59 Å². The van der Waals surface area contributed by atoms with Crippen LogP contribution in [0.2, 0.25) is 0 Å². The number of fused-ring (bicyclic) bond motifs is 1. The molecule has 0 unspecified atom stereocenters. The number of hydrogen-bond acceptors (Lipinski definition) is 6. The fraction of sp³-hybridized carbons (Fsp3) is 0.435. The van der Waals surface area contributed by atoms with E-state index in [1.807, 2.05) is 30.9 Å².